The predicted octanol–water partition coefficient (Wildman–Crippen LogP) is 3.06. The van der Waals surface area contributed by atoms with Crippen molar-refractivity contribution < 1.29 is 4.74 Å². The van der Waals surface area contributed by atoms with E-state index in [1.165, 1.54) is 0 Å². The van der Waals surface area contributed by atoms with Crippen molar-refractivity contribution >= 4 is 5.82 Å². The Morgan fingerprint density at radius 2 is 2.04 bits per heavy atom. The van der Waals surface area contributed by atoms with Gasteiger partial charge >= 0.3 is 0 Å². The fraction of sp³-hybridized carbons (Fsp3) is 0.235. The first-order chi connectivity index (χ1) is 11.2. The largest absolute Gasteiger partial charge is 0.497 e. The van der Waals surface area contributed by atoms with E-state index in [1.54, 1.807) is 13.3 Å². The number of hydrogen-bond donors (Lipinski definition) is 1. The fourth-order valence-corrected chi connectivity index (χ4v) is 2.36. The third-order valence-electron chi connectivity index (χ3n) is 3.67. The van der Waals surface area contributed by atoms with E-state index in [1.807, 2.05) is 48.1 Å². The van der Waals surface area contributed by atoms with Crippen molar-refractivity contribution in [1.82, 2.24) is 19.7 Å². The van der Waals surface area contributed by atoms with E-state index in [0.717, 1.165) is 28.6 Å². The van der Waals surface area contributed by atoms with Gasteiger partial charge in [-0.3, -0.25) is 0 Å². The summed E-state index contributed by atoms with van der Waals surface area (Å²) in [6, 6.07) is 11.9. The van der Waals surface area contributed by atoms with Crippen molar-refractivity contribution in [1.29, 1.82) is 0 Å². The van der Waals surface area contributed by atoms with Crippen molar-refractivity contribution in [2.75, 3.05) is 12.4 Å². The molecule has 0 bridgehead atoms. The number of aromatic nitrogens is 4. The van der Waals surface area contributed by atoms with Crippen LogP contribution >= 0.6 is 0 Å². The van der Waals surface area contributed by atoms with E-state index >= 15 is 0 Å². The topological polar surface area (TPSA) is 64.9 Å². The summed E-state index contributed by atoms with van der Waals surface area (Å²) in [5, 5.41) is 11.8. The zero-order valence-corrected chi connectivity index (χ0v) is 13.4. The van der Waals surface area contributed by atoms with Gasteiger partial charge in [0.25, 0.3) is 0 Å². The first-order valence-electron chi connectivity index (χ1n) is 7.39. The first kappa shape index (κ1) is 15.0. The van der Waals surface area contributed by atoms with E-state index in [4.69, 9.17) is 4.74 Å². The Balaban J connectivity index is 1.74. The second kappa shape index (κ2) is 6.48. The van der Waals surface area contributed by atoms with Crippen LogP contribution in [-0.4, -0.2) is 26.9 Å². The van der Waals surface area contributed by atoms with Crippen molar-refractivity contribution in [2.24, 2.45) is 7.05 Å². The first-order valence-corrected chi connectivity index (χ1v) is 7.39. The zero-order valence-electron chi connectivity index (χ0n) is 13.4. The molecule has 6 heteroatoms. The lowest BCUT2D eigenvalue weighted by molar-refractivity contribution is 0.414. The molecule has 0 saturated carbocycles. The molecular formula is C17H19N5O. The average Bonchev–Trinajstić information content (AvgIpc) is 3.01. The van der Waals surface area contributed by atoms with Crippen LogP contribution in [0, 0.1) is 0 Å². The smallest absolute Gasteiger partial charge is 0.160 e. The zero-order chi connectivity index (χ0) is 16.2. The van der Waals surface area contributed by atoms with E-state index in [0.29, 0.717) is 0 Å². The molecule has 3 rings (SSSR count). The standard InChI is InChI=1S/C17H19N5O/c1-12(13-5-4-6-14(11-13)23-3)19-16-8-7-15(20-21-16)17-18-9-10-22(17)2/h4-12H,1-3H3,(H,19,21). The van der Waals surface area contributed by atoms with E-state index in [9.17, 15) is 0 Å². The molecule has 1 unspecified atom stereocenters. The molecule has 6 nitrogen and oxygen atoms in total. The summed E-state index contributed by atoms with van der Waals surface area (Å²) in [4.78, 5) is 4.27. The van der Waals surface area contributed by atoms with Crippen LogP contribution in [0.15, 0.2) is 48.8 Å². The monoisotopic (exact) mass is 309 g/mol. The Kier molecular flexibility index (Phi) is 4.23. The molecule has 0 aliphatic rings. The molecule has 0 aliphatic carbocycles. The molecule has 1 aromatic carbocycles. The lowest BCUT2D eigenvalue weighted by atomic mass is 10.1. The maximum absolute atomic E-state index is 5.26. The highest BCUT2D eigenvalue weighted by atomic mass is 16.5. The van der Waals surface area contributed by atoms with Crippen molar-refractivity contribution in [2.45, 2.75) is 13.0 Å². The van der Waals surface area contributed by atoms with E-state index < -0.39 is 0 Å². The molecule has 118 valence electrons. The van der Waals surface area contributed by atoms with Crippen LogP contribution in [0.1, 0.15) is 18.5 Å². The minimum Gasteiger partial charge on any atom is -0.497 e. The van der Waals surface area contributed by atoms with Crippen LogP contribution in [0.3, 0.4) is 0 Å². The van der Waals surface area contributed by atoms with Crippen LogP contribution < -0.4 is 10.1 Å². The average molecular weight is 309 g/mol. The molecular weight excluding hydrogens is 290 g/mol. The molecule has 0 fully saturated rings. The quantitative estimate of drug-likeness (QED) is 0.784. The van der Waals surface area contributed by atoms with Gasteiger partial charge in [-0.1, -0.05) is 12.1 Å². The summed E-state index contributed by atoms with van der Waals surface area (Å²) in [7, 11) is 3.60. The Bertz CT molecular complexity index is 782. The number of hydrogen-bond acceptors (Lipinski definition) is 5. The third kappa shape index (κ3) is 3.31. The lowest BCUT2D eigenvalue weighted by Gasteiger charge is -2.15. The number of anilines is 1. The molecule has 0 spiro atoms. The summed E-state index contributed by atoms with van der Waals surface area (Å²) in [5.74, 6) is 2.36. The van der Waals surface area contributed by atoms with Crippen LogP contribution in [0.4, 0.5) is 5.82 Å². The molecule has 0 aliphatic heterocycles. The van der Waals surface area contributed by atoms with Gasteiger partial charge in [0, 0.05) is 19.4 Å². The Labute approximate surface area is 135 Å². The van der Waals surface area contributed by atoms with Crippen molar-refractivity contribution in [3.63, 3.8) is 0 Å². The number of aryl methyl sites for hydroxylation is 1. The van der Waals surface area contributed by atoms with Gasteiger partial charge in [0.05, 0.1) is 13.2 Å². The number of methoxy groups -OCH3 is 1. The van der Waals surface area contributed by atoms with Gasteiger partial charge in [0.2, 0.25) is 0 Å². The summed E-state index contributed by atoms with van der Waals surface area (Å²) >= 11 is 0. The fourth-order valence-electron chi connectivity index (χ4n) is 2.36. The maximum atomic E-state index is 5.26. The van der Waals surface area contributed by atoms with Crippen molar-refractivity contribution in [3.05, 3.63) is 54.4 Å². The minimum atomic E-state index is 0.0958. The van der Waals surface area contributed by atoms with Crippen molar-refractivity contribution in [3.8, 4) is 17.3 Å². The molecule has 3 aromatic rings. The highest BCUT2D eigenvalue weighted by Gasteiger charge is 2.09. The molecule has 1 N–H and O–H groups in total. The van der Waals surface area contributed by atoms with Gasteiger partial charge in [-0.2, -0.15) is 0 Å². The van der Waals surface area contributed by atoms with Gasteiger partial charge in [0.15, 0.2) is 5.82 Å². The summed E-state index contributed by atoms with van der Waals surface area (Å²) in [5.41, 5.74) is 1.87. The minimum absolute atomic E-state index is 0.0958. The van der Waals surface area contributed by atoms with Gasteiger partial charge in [0.1, 0.15) is 17.3 Å². The van der Waals surface area contributed by atoms with Crippen LogP contribution in [0.2, 0.25) is 0 Å². The lowest BCUT2D eigenvalue weighted by Crippen LogP contribution is -2.09. The Hall–Kier alpha value is -2.89. The molecule has 0 amide bonds. The second-order valence-electron chi connectivity index (χ2n) is 5.31. The Morgan fingerprint density at radius 3 is 2.70 bits per heavy atom. The van der Waals surface area contributed by atoms with Crippen LogP contribution in [-0.2, 0) is 7.05 Å². The van der Waals surface area contributed by atoms with Gasteiger partial charge in [-0.05, 0) is 36.8 Å². The SMILES string of the molecule is COc1cccc(C(C)Nc2ccc(-c3nccn3C)nn2)c1. The molecule has 1 atom stereocenters. The number of imidazole rings is 1. The van der Waals surface area contributed by atoms with Gasteiger partial charge in [-0.15, -0.1) is 10.2 Å². The molecule has 2 aromatic heterocycles. The summed E-state index contributed by atoms with van der Waals surface area (Å²) in [6.45, 7) is 2.07. The highest BCUT2D eigenvalue weighted by molar-refractivity contribution is 5.51. The highest BCUT2D eigenvalue weighted by Crippen LogP contribution is 2.22. The maximum Gasteiger partial charge on any atom is 0.160 e. The van der Waals surface area contributed by atoms with E-state index in [-0.39, 0.29) is 6.04 Å². The molecule has 23 heavy (non-hydrogen) atoms. The predicted molar refractivity (Wildman–Crippen MR) is 89.3 cm³/mol. The third-order valence-corrected chi connectivity index (χ3v) is 3.67. The molecule has 0 radical (unpaired) electrons. The summed E-state index contributed by atoms with van der Waals surface area (Å²) < 4.78 is 7.17. The van der Waals surface area contributed by atoms with Crippen LogP contribution in [0.5, 0.6) is 5.75 Å². The number of nitrogens with one attached hydrogen (secondary N) is 1. The second-order valence-corrected chi connectivity index (χ2v) is 5.31. The number of nitrogens with zero attached hydrogens (tertiary/aromatic N) is 4. The summed E-state index contributed by atoms with van der Waals surface area (Å²) in [6.07, 6.45) is 3.63. The van der Waals surface area contributed by atoms with Gasteiger partial charge in [-0.25, -0.2) is 4.98 Å². The number of rotatable bonds is 5. The molecule has 2 heterocycles. The van der Waals surface area contributed by atoms with E-state index in [2.05, 4.69) is 33.5 Å². The Morgan fingerprint density at radius 1 is 1.17 bits per heavy atom. The number of ether oxygens (including phenoxy) is 1. The normalized spacial score (nSPS) is 12.0. The van der Waals surface area contributed by atoms with Gasteiger partial charge < -0.3 is 14.6 Å². The number of benzene rings is 1. The molecule has 0 saturated heterocycles. The van der Waals surface area contributed by atoms with Crippen LogP contribution in [0.25, 0.3) is 11.5 Å².